The van der Waals surface area contributed by atoms with Gasteiger partial charge in [-0.25, -0.2) is 9.97 Å². The van der Waals surface area contributed by atoms with E-state index in [0.717, 1.165) is 12.1 Å². The van der Waals surface area contributed by atoms with Crippen LogP contribution in [0, 0.1) is 11.8 Å². The molecule has 2 atom stereocenters. The average Bonchev–Trinajstić information content (AvgIpc) is 3.01. The van der Waals surface area contributed by atoms with Gasteiger partial charge >= 0.3 is 0 Å². The van der Waals surface area contributed by atoms with Crippen molar-refractivity contribution >= 4 is 28.3 Å². The lowest BCUT2D eigenvalue weighted by atomic mass is 9.95. The number of hydrogen-bond donors (Lipinski definition) is 2. The number of carbonyl (C=O) groups is 2. The van der Waals surface area contributed by atoms with Crippen LogP contribution in [0.2, 0.25) is 0 Å². The zero-order valence-electron chi connectivity index (χ0n) is 13.1. The van der Waals surface area contributed by atoms with Gasteiger partial charge in [0.15, 0.2) is 5.13 Å². The van der Waals surface area contributed by atoms with Crippen LogP contribution in [0.5, 0.6) is 0 Å². The van der Waals surface area contributed by atoms with Crippen LogP contribution in [0.3, 0.4) is 0 Å². The Labute approximate surface area is 143 Å². The molecule has 0 spiro atoms. The van der Waals surface area contributed by atoms with Crippen molar-refractivity contribution < 1.29 is 9.59 Å². The first-order valence-electron chi connectivity index (χ1n) is 8.20. The SMILES string of the molecule is O=C(Nc1nccs1)C1CCN(C(=O)[C@@H]2C[C@H]2c2cnc[nH]2)CC1. The molecule has 1 aliphatic heterocycles. The summed E-state index contributed by atoms with van der Waals surface area (Å²) in [4.78, 5) is 37.9. The van der Waals surface area contributed by atoms with Gasteiger partial charge in [-0.15, -0.1) is 11.3 Å². The Balaban J connectivity index is 1.27. The Morgan fingerprint density at radius 1 is 1.33 bits per heavy atom. The zero-order valence-corrected chi connectivity index (χ0v) is 14.0. The first-order chi connectivity index (χ1) is 11.7. The number of nitrogens with one attached hydrogen (secondary N) is 2. The molecule has 2 aromatic rings. The Kier molecular flexibility index (Phi) is 4.05. The van der Waals surface area contributed by atoms with E-state index in [9.17, 15) is 9.59 Å². The second-order valence-corrected chi connectivity index (χ2v) is 7.28. The fraction of sp³-hybridized carbons (Fsp3) is 0.500. The van der Waals surface area contributed by atoms with Gasteiger partial charge in [0.1, 0.15) is 0 Å². The number of piperidine rings is 1. The van der Waals surface area contributed by atoms with Crippen molar-refractivity contribution in [3.63, 3.8) is 0 Å². The molecule has 1 saturated carbocycles. The second-order valence-electron chi connectivity index (χ2n) is 6.38. The molecule has 2 fully saturated rings. The molecule has 24 heavy (non-hydrogen) atoms. The summed E-state index contributed by atoms with van der Waals surface area (Å²) in [5.41, 5.74) is 1.05. The highest BCUT2D eigenvalue weighted by Gasteiger charge is 2.47. The Morgan fingerprint density at radius 2 is 2.17 bits per heavy atom. The molecule has 7 nitrogen and oxygen atoms in total. The van der Waals surface area contributed by atoms with E-state index < -0.39 is 0 Å². The first kappa shape index (κ1) is 15.3. The number of likely N-dealkylation sites (tertiary alicyclic amines) is 1. The van der Waals surface area contributed by atoms with Crippen molar-refractivity contribution in [3.8, 4) is 0 Å². The number of anilines is 1. The quantitative estimate of drug-likeness (QED) is 0.885. The number of thiazole rings is 1. The minimum absolute atomic E-state index is 0.0128. The van der Waals surface area contributed by atoms with Crippen molar-refractivity contribution in [2.75, 3.05) is 18.4 Å². The number of H-pyrrole nitrogens is 1. The van der Waals surface area contributed by atoms with Gasteiger partial charge in [0, 0.05) is 54.3 Å². The summed E-state index contributed by atoms with van der Waals surface area (Å²) >= 11 is 1.42. The van der Waals surface area contributed by atoms with Gasteiger partial charge in [-0.05, 0) is 19.3 Å². The number of amides is 2. The number of imidazole rings is 1. The maximum absolute atomic E-state index is 12.6. The van der Waals surface area contributed by atoms with Crippen LogP contribution < -0.4 is 5.32 Å². The third-order valence-corrected chi connectivity index (χ3v) is 5.55. The second kappa shape index (κ2) is 6.35. The minimum atomic E-state index is -0.0412. The monoisotopic (exact) mass is 345 g/mol. The van der Waals surface area contributed by atoms with E-state index in [4.69, 9.17) is 0 Å². The lowest BCUT2D eigenvalue weighted by Gasteiger charge is -2.31. The summed E-state index contributed by atoms with van der Waals surface area (Å²) in [5.74, 6) is 0.546. The molecule has 2 aliphatic rings. The lowest BCUT2D eigenvalue weighted by molar-refractivity contribution is -0.135. The van der Waals surface area contributed by atoms with Crippen LogP contribution in [0.1, 0.15) is 30.9 Å². The molecular weight excluding hydrogens is 326 g/mol. The van der Waals surface area contributed by atoms with Gasteiger partial charge in [-0.2, -0.15) is 0 Å². The molecule has 0 aromatic carbocycles. The highest BCUT2D eigenvalue weighted by molar-refractivity contribution is 7.13. The van der Waals surface area contributed by atoms with E-state index in [2.05, 4.69) is 20.3 Å². The van der Waals surface area contributed by atoms with Crippen LogP contribution >= 0.6 is 11.3 Å². The molecule has 0 unspecified atom stereocenters. The van der Waals surface area contributed by atoms with Crippen molar-refractivity contribution in [2.24, 2.45) is 11.8 Å². The molecule has 126 valence electrons. The summed E-state index contributed by atoms with van der Waals surface area (Å²) in [7, 11) is 0. The van der Waals surface area contributed by atoms with Crippen LogP contribution in [0.25, 0.3) is 0 Å². The van der Waals surface area contributed by atoms with Crippen molar-refractivity contribution in [1.82, 2.24) is 19.9 Å². The van der Waals surface area contributed by atoms with Gasteiger partial charge in [0.2, 0.25) is 11.8 Å². The molecule has 3 heterocycles. The van der Waals surface area contributed by atoms with Gasteiger partial charge in [0.25, 0.3) is 0 Å². The van der Waals surface area contributed by atoms with E-state index in [-0.39, 0.29) is 29.6 Å². The molecule has 8 heteroatoms. The average molecular weight is 345 g/mol. The Bertz CT molecular complexity index is 707. The maximum atomic E-state index is 12.6. The van der Waals surface area contributed by atoms with E-state index >= 15 is 0 Å². The highest BCUT2D eigenvalue weighted by Crippen LogP contribution is 2.47. The smallest absolute Gasteiger partial charge is 0.229 e. The summed E-state index contributed by atoms with van der Waals surface area (Å²) in [5, 5.41) is 5.32. The summed E-state index contributed by atoms with van der Waals surface area (Å²) in [6.07, 6.45) is 7.45. The van der Waals surface area contributed by atoms with E-state index in [1.165, 1.54) is 11.3 Å². The predicted molar refractivity (Wildman–Crippen MR) is 89.5 cm³/mol. The van der Waals surface area contributed by atoms with Crippen LogP contribution in [-0.4, -0.2) is 44.8 Å². The Morgan fingerprint density at radius 3 is 2.83 bits per heavy atom. The summed E-state index contributed by atoms with van der Waals surface area (Å²) < 4.78 is 0. The number of aromatic nitrogens is 3. The molecule has 0 bridgehead atoms. The van der Waals surface area contributed by atoms with Crippen molar-refractivity contribution in [3.05, 3.63) is 29.8 Å². The molecule has 1 aliphatic carbocycles. The standard InChI is InChI=1S/C16H19N5O2S/c22-14(20-16-18-3-6-24-16)10-1-4-21(5-2-10)15(23)12-7-11(12)13-8-17-9-19-13/h3,6,8-12H,1-2,4-5,7H2,(H,17,19)(H,18,20,22)/t11-,12-/m1/s1. The molecule has 2 N–H and O–H groups in total. The fourth-order valence-corrected chi connectivity index (χ4v) is 3.90. The maximum Gasteiger partial charge on any atom is 0.229 e. The van der Waals surface area contributed by atoms with Crippen LogP contribution in [0.4, 0.5) is 5.13 Å². The number of nitrogens with zero attached hydrogens (tertiary/aromatic N) is 3. The topological polar surface area (TPSA) is 91.0 Å². The number of aromatic amines is 1. The third-order valence-electron chi connectivity index (χ3n) is 4.87. The lowest BCUT2D eigenvalue weighted by Crippen LogP contribution is -2.42. The van der Waals surface area contributed by atoms with Crippen molar-refractivity contribution in [1.29, 1.82) is 0 Å². The first-order valence-corrected chi connectivity index (χ1v) is 9.08. The minimum Gasteiger partial charge on any atom is -0.348 e. The highest BCUT2D eigenvalue weighted by atomic mass is 32.1. The molecule has 0 radical (unpaired) electrons. The van der Waals surface area contributed by atoms with Gasteiger partial charge in [-0.1, -0.05) is 0 Å². The number of carbonyl (C=O) groups excluding carboxylic acids is 2. The van der Waals surface area contributed by atoms with E-state index in [1.54, 1.807) is 18.7 Å². The summed E-state index contributed by atoms with van der Waals surface area (Å²) in [6.45, 7) is 1.31. The Hall–Kier alpha value is -2.22. The molecule has 2 amide bonds. The van der Waals surface area contributed by atoms with Gasteiger partial charge in [0.05, 0.1) is 6.33 Å². The van der Waals surface area contributed by atoms with Crippen molar-refractivity contribution in [2.45, 2.75) is 25.2 Å². The molecule has 4 rings (SSSR count). The largest absolute Gasteiger partial charge is 0.348 e. The molecule has 1 saturated heterocycles. The summed E-state index contributed by atoms with van der Waals surface area (Å²) in [6, 6.07) is 0. The molecule has 2 aromatic heterocycles. The van der Waals surface area contributed by atoms with Gasteiger partial charge < -0.3 is 15.2 Å². The third kappa shape index (κ3) is 3.06. The zero-order chi connectivity index (χ0) is 16.5. The predicted octanol–water partition coefficient (Wildman–Crippen LogP) is 1.85. The number of hydrogen-bond acceptors (Lipinski definition) is 5. The normalized spacial score (nSPS) is 23.9. The van der Waals surface area contributed by atoms with E-state index in [0.29, 0.717) is 31.1 Å². The van der Waals surface area contributed by atoms with E-state index in [1.807, 2.05) is 10.3 Å². The fourth-order valence-electron chi connectivity index (χ4n) is 3.37. The molecular formula is C16H19N5O2S. The van der Waals surface area contributed by atoms with Crippen LogP contribution in [-0.2, 0) is 9.59 Å². The van der Waals surface area contributed by atoms with Gasteiger partial charge in [-0.3, -0.25) is 9.59 Å². The van der Waals surface area contributed by atoms with Crippen LogP contribution in [0.15, 0.2) is 24.1 Å². The number of rotatable bonds is 4.